The van der Waals surface area contributed by atoms with E-state index in [1.807, 2.05) is 6.07 Å². The highest BCUT2D eigenvalue weighted by molar-refractivity contribution is 5.85. The van der Waals surface area contributed by atoms with E-state index in [1.165, 1.54) is 6.07 Å². The van der Waals surface area contributed by atoms with E-state index in [9.17, 15) is 4.39 Å². The number of rotatable bonds is 4. The van der Waals surface area contributed by atoms with E-state index in [0.29, 0.717) is 6.61 Å². The molecule has 0 radical (unpaired) electrons. The SMILES string of the molecule is COCCN1CCC(N)C1c1cccc(F)c1.Cl.Cl. The smallest absolute Gasteiger partial charge is 0.123 e. The number of ether oxygens (including phenoxy) is 1. The largest absolute Gasteiger partial charge is 0.383 e. The second kappa shape index (κ2) is 8.72. The average molecular weight is 311 g/mol. The van der Waals surface area contributed by atoms with Gasteiger partial charge in [0, 0.05) is 26.2 Å². The molecule has 1 fully saturated rings. The zero-order chi connectivity index (χ0) is 12.3. The van der Waals surface area contributed by atoms with Crippen molar-refractivity contribution in [3.8, 4) is 0 Å². The Kier molecular flexibility index (Phi) is 8.54. The van der Waals surface area contributed by atoms with Gasteiger partial charge in [-0.1, -0.05) is 12.1 Å². The van der Waals surface area contributed by atoms with Crippen molar-refractivity contribution in [3.63, 3.8) is 0 Å². The quantitative estimate of drug-likeness (QED) is 0.928. The van der Waals surface area contributed by atoms with Crippen LogP contribution in [0.15, 0.2) is 24.3 Å². The van der Waals surface area contributed by atoms with Gasteiger partial charge in [-0.25, -0.2) is 4.39 Å². The summed E-state index contributed by atoms with van der Waals surface area (Å²) in [6.07, 6.45) is 0.949. The van der Waals surface area contributed by atoms with Crippen molar-refractivity contribution in [1.29, 1.82) is 0 Å². The van der Waals surface area contributed by atoms with E-state index < -0.39 is 0 Å². The van der Waals surface area contributed by atoms with Gasteiger partial charge in [0.05, 0.1) is 12.6 Å². The van der Waals surface area contributed by atoms with Crippen molar-refractivity contribution in [2.45, 2.75) is 18.5 Å². The number of hydrogen-bond acceptors (Lipinski definition) is 3. The molecule has 2 atom stereocenters. The number of halogens is 3. The number of methoxy groups -OCH3 is 1. The number of nitrogens with two attached hydrogens (primary N) is 1. The van der Waals surface area contributed by atoms with E-state index in [2.05, 4.69) is 4.90 Å². The normalized spacial score (nSPS) is 22.7. The molecule has 2 rings (SSSR count). The molecule has 6 heteroatoms. The van der Waals surface area contributed by atoms with Crippen LogP contribution < -0.4 is 5.73 Å². The van der Waals surface area contributed by atoms with Crippen molar-refractivity contribution >= 4 is 24.8 Å². The fourth-order valence-corrected chi connectivity index (χ4v) is 2.49. The molecule has 2 N–H and O–H groups in total. The zero-order valence-corrected chi connectivity index (χ0v) is 12.6. The van der Waals surface area contributed by atoms with Gasteiger partial charge in [0.2, 0.25) is 0 Å². The molecular formula is C13H21Cl2FN2O. The third-order valence-corrected chi connectivity index (χ3v) is 3.32. The maximum Gasteiger partial charge on any atom is 0.123 e. The fourth-order valence-electron chi connectivity index (χ4n) is 2.49. The van der Waals surface area contributed by atoms with Gasteiger partial charge in [-0.2, -0.15) is 0 Å². The maximum absolute atomic E-state index is 13.2. The molecule has 1 aromatic carbocycles. The second-order valence-corrected chi connectivity index (χ2v) is 4.48. The van der Waals surface area contributed by atoms with Crippen LogP contribution in [0.2, 0.25) is 0 Å². The predicted molar refractivity (Wildman–Crippen MR) is 79.7 cm³/mol. The van der Waals surface area contributed by atoms with Crippen LogP contribution in [0.3, 0.4) is 0 Å². The third kappa shape index (κ3) is 4.58. The van der Waals surface area contributed by atoms with Crippen molar-refractivity contribution in [2.24, 2.45) is 5.73 Å². The summed E-state index contributed by atoms with van der Waals surface area (Å²) in [6, 6.07) is 6.91. The Morgan fingerprint density at radius 2 is 2.16 bits per heavy atom. The van der Waals surface area contributed by atoms with Gasteiger partial charge >= 0.3 is 0 Å². The number of likely N-dealkylation sites (tertiary alicyclic amines) is 1. The Hall–Kier alpha value is -0.390. The highest BCUT2D eigenvalue weighted by Crippen LogP contribution is 2.30. The molecule has 1 saturated heterocycles. The minimum absolute atomic E-state index is 0. The second-order valence-electron chi connectivity index (χ2n) is 4.48. The first kappa shape index (κ1) is 18.6. The lowest BCUT2D eigenvalue weighted by molar-refractivity contribution is 0.139. The summed E-state index contributed by atoms with van der Waals surface area (Å²) in [5, 5.41) is 0. The number of benzene rings is 1. The molecule has 0 aliphatic carbocycles. The van der Waals surface area contributed by atoms with Crippen LogP contribution in [0.25, 0.3) is 0 Å². The van der Waals surface area contributed by atoms with Crippen molar-refractivity contribution in [1.82, 2.24) is 4.90 Å². The summed E-state index contributed by atoms with van der Waals surface area (Å²) in [5.41, 5.74) is 7.08. The van der Waals surface area contributed by atoms with E-state index in [0.717, 1.165) is 25.1 Å². The summed E-state index contributed by atoms with van der Waals surface area (Å²) >= 11 is 0. The Labute approximate surface area is 126 Å². The molecule has 110 valence electrons. The van der Waals surface area contributed by atoms with E-state index in [-0.39, 0.29) is 42.7 Å². The molecule has 0 amide bonds. The first-order chi connectivity index (χ1) is 8.22. The van der Waals surface area contributed by atoms with Gasteiger partial charge in [0.1, 0.15) is 5.82 Å². The first-order valence-electron chi connectivity index (χ1n) is 5.96. The van der Waals surface area contributed by atoms with Crippen LogP contribution in [-0.4, -0.2) is 37.7 Å². The van der Waals surface area contributed by atoms with Crippen LogP contribution >= 0.6 is 24.8 Å². The van der Waals surface area contributed by atoms with Crippen molar-refractivity contribution in [2.75, 3.05) is 26.8 Å². The van der Waals surface area contributed by atoms with Crippen LogP contribution in [0, 0.1) is 5.82 Å². The van der Waals surface area contributed by atoms with Crippen LogP contribution in [0.1, 0.15) is 18.0 Å². The van der Waals surface area contributed by atoms with Crippen molar-refractivity contribution < 1.29 is 9.13 Å². The molecule has 0 aromatic heterocycles. The van der Waals surface area contributed by atoms with Gasteiger partial charge in [-0.15, -0.1) is 24.8 Å². The Bertz CT molecular complexity index is 381. The molecule has 0 spiro atoms. The minimum Gasteiger partial charge on any atom is -0.383 e. The van der Waals surface area contributed by atoms with Gasteiger partial charge in [0.15, 0.2) is 0 Å². The minimum atomic E-state index is -0.201. The van der Waals surface area contributed by atoms with Crippen LogP contribution in [0.5, 0.6) is 0 Å². The van der Waals surface area contributed by atoms with Gasteiger partial charge in [-0.05, 0) is 24.1 Å². The summed E-state index contributed by atoms with van der Waals surface area (Å²) in [7, 11) is 1.69. The topological polar surface area (TPSA) is 38.5 Å². The summed E-state index contributed by atoms with van der Waals surface area (Å²) in [4.78, 5) is 2.27. The Morgan fingerprint density at radius 1 is 1.42 bits per heavy atom. The first-order valence-corrected chi connectivity index (χ1v) is 5.96. The van der Waals surface area contributed by atoms with Crippen molar-refractivity contribution in [3.05, 3.63) is 35.6 Å². The molecule has 0 saturated carbocycles. The van der Waals surface area contributed by atoms with E-state index in [4.69, 9.17) is 10.5 Å². The van der Waals surface area contributed by atoms with Gasteiger partial charge < -0.3 is 10.5 Å². The molecule has 3 nitrogen and oxygen atoms in total. The molecule has 2 unspecified atom stereocenters. The molecule has 1 aromatic rings. The monoisotopic (exact) mass is 310 g/mol. The van der Waals surface area contributed by atoms with Gasteiger partial charge in [0.25, 0.3) is 0 Å². The van der Waals surface area contributed by atoms with Crippen LogP contribution in [0.4, 0.5) is 4.39 Å². The summed E-state index contributed by atoms with van der Waals surface area (Å²) in [6.45, 7) is 2.47. The summed E-state index contributed by atoms with van der Waals surface area (Å²) in [5.74, 6) is -0.201. The average Bonchev–Trinajstić information content (AvgIpc) is 2.68. The lowest BCUT2D eigenvalue weighted by Crippen LogP contribution is -2.33. The molecular weight excluding hydrogens is 290 g/mol. The lowest BCUT2D eigenvalue weighted by Gasteiger charge is -2.26. The zero-order valence-electron chi connectivity index (χ0n) is 10.9. The molecule has 1 aliphatic rings. The summed E-state index contributed by atoms with van der Waals surface area (Å²) < 4.78 is 18.3. The third-order valence-electron chi connectivity index (χ3n) is 3.32. The fraction of sp³-hybridized carbons (Fsp3) is 0.538. The molecule has 1 aliphatic heterocycles. The Balaban J connectivity index is 0.00000162. The highest BCUT2D eigenvalue weighted by Gasteiger charge is 2.32. The molecule has 19 heavy (non-hydrogen) atoms. The predicted octanol–water partition coefficient (Wildman–Crippen LogP) is 2.39. The van der Waals surface area contributed by atoms with E-state index >= 15 is 0 Å². The lowest BCUT2D eigenvalue weighted by atomic mass is 10.0. The standard InChI is InChI=1S/C13H19FN2O.2ClH/c1-17-8-7-16-6-5-12(15)13(16)10-3-2-4-11(14)9-10;;/h2-4,9,12-13H,5-8,15H2,1H3;2*1H. The highest BCUT2D eigenvalue weighted by atomic mass is 35.5. The Morgan fingerprint density at radius 3 is 2.79 bits per heavy atom. The molecule has 0 bridgehead atoms. The van der Waals surface area contributed by atoms with Gasteiger partial charge in [-0.3, -0.25) is 4.90 Å². The maximum atomic E-state index is 13.2. The number of hydrogen-bond donors (Lipinski definition) is 1. The van der Waals surface area contributed by atoms with E-state index in [1.54, 1.807) is 19.2 Å². The van der Waals surface area contributed by atoms with Crippen LogP contribution in [-0.2, 0) is 4.74 Å². The number of nitrogens with zero attached hydrogens (tertiary/aromatic N) is 1. The molecule has 1 heterocycles.